The Morgan fingerprint density at radius 2 is 1.81 bits per heavy atom. The van der Waals surface area contributed by atoms with E-state index in [0.29, 0.717) is 17.9 Å². The van der Waals surface area contributed by atoms with Crippen LogP contribution in [0.5, 0.6) is 0 Å². The highest BCUT2D eigenvalue weighted by Crippen LogP contribution is 2.14. The minimum Gasteiger partial charge on any atom is -0.386 e. The van der Waals surface area contributed by atoms with Gasteiger partial charge in [0.25, 0.3) is 5.91 Å². The first-order valence-corrected chi connectivity index (χ1v) is 6.20. The summed E-state index contributed by atoms with van der Waals surface area (Å²) in [7, 11) is 0. The molecule has 6 nitrogen and oxygen atoms in total. The van der Waals surface area contributed by atoms with Crippen molar-refractivity contribution in [3.63, 3.8) is 0 Å². The maximum Gasteiger partial charge on any atom is 0.267 e. The van der Waals surface area contributed by atoms with Gasteiger partial charge in [-0.15, -0.1) is 6.58 Å². The number of amides is 2. The molecule has 21 heavy (non-hydrogen) atoms. The Bertz CT molecular complexity index is 597. The number of anilines is 2. The van der Waals surface area contributed by atoms with Crippen LogP contribution in [0.4, 0.5) is 11.4 Å². The number of nitrogens with one attached hydrogen (secondary N) is 3. The minimum absolute atomic E-state index is 0.0391. The van der Waals surface area contributed by atoms with Crippen LogP contribution in [0.1, 0.15) is 6.92 Å². The maximum atomic E-state index is 11.9. The van der Waals surface area contributed by atoms with Gasteiger partial charge in [0.15, 0.2) is 0 Å². The van der Waals surface area contributed by atoms with E-state index >= 15 is 0 Å². The van der Waals surface area contributed by atoms with E-state index in [2.05, 4.69) is 22.5 Å². The molecule has 1 aromatic rings. The fourth-order valence-electron chi connectivity index (χ4n) is 1.43. The first kappa shape index (κ1) is 16.0. The summed E-state index contributed by atoms with van der Waals surface area (Å²) in [6.45, 7) is 5.39. The molecule has 1 aromatic carbocycles. The highest BCUT2D eigenvalue weighted by molar-refractivity contribution is 6.06. The maximum absolute atomic E-state index is 11.9. The Morgan fingerprint density at radius 3 is 2.29 bits per heavy atom. The van der Waals surface area contributed by atoms with Crippen LogP contribution in [-0.4, -0.2) is 18.4 Å². The second kappa shape index (κ2) is 8.17. The summed E-state index contributed by atoms with van der Waals surface area (Å²) in [5, 5.41) is 16.9. The van der Waals surface area contributed by atoms with Gasteiger partial charge >= 0.3 is 0 Å². The van der Waals surface area contributed by atoms with E-state index in [1.165, 1.54) is 13.1 Å². The normalized spacial score (nSPS) is 10.2. The lowest BCUT2D eigenvalue weighted by atomic mass is 10.2. The fourth-order valence-corrected chi connectivity index (χ4v) is 1.43. The quantitative estimate of drug-likeness (QED) is 0.321. The van der Waals surface area contributed by atoms with Crippen LogP contribution >= 0.6 is 0 Å². The molecule has 0 aliphatic heterocycles. The second-order valence-corrected chi connectivity index (χ2v) is 4.08. The van der Waals surface area contributed by atoms with Crippen LogP contribution in [-0.2, 0) is 9.59 Å². The topological polar surface area (TPSA) is 94.0 Å². The Morgan fingerprint density at radius 1 is 1.24 bits per heavy atom. The molecule has 1 rings (SSSR count). The first-order valence-electron chi connectivity index (χ1n) is 6.20. The molecule has 0 saturated heterocycles. The summed E-state index contributed by atoms with van der Waals surface area (Å²) in [6.07, 6.45) is 2.95. The zero-order chi connectivity index (χ0) is 15.7. The Labute approximate surface area is 123 Å². The summed E-state index contributed by atoms with van der Waals surface area (Å²) < 4.78 is 0. The molecule has 0 heterocycles. The van der Waals surface area contributed by atoms with E-state index in [1.807, 2.05) is 6.07 Å². The number of benzene rings is 1. The zero-order valence-electron chi connectivity index (χ0n) is 11.6. The van der Waals surface area contributed by atoms with Crippen LogP contribution in [0.25, 0.3) is 0 Å². The largest absolute Gasteiger partial charge is 0.386 e. The third-order valence-electron chi connectivity index (χ3n) is 2.34. The van der Waals surface area contributed by atoms with Crippen molar-refractivity contribution in [2.45, 2.75) is 6.92 Å². The van der Waals surface area contributed by atoms with Crippen LogP contribution in [0.15, 0.2) is 48.7 Å². The average molecular weight is 284 g/mol. The number of nitrogens with zero attached hydrogens (tertiary/aromatic N) is 1. The molecule has 0 spiro atoms. The van der Waals surface area contributed by atoms with Crippen molar-refractivity contribution >= 4 is 23.2 Å². The van der Waals surface area contributed by atoms with Gasteiger partial charge in [0, 0.05) is 31.0 Å². The van der Waals surface area contributed by atoms with Crippen LogP contribution < -0.4 is 16.0 Å². The first-order chi connectivity index (χ1) is 10.1. The highest BCUT2D eigenvalue weighted by Gasteiger charge is 2.08. The van der Waals surface area contributed by atoms with Gasteiger partial charge in [0.1, 0.15) is 11.6 Å². The smallest absolute Gasteiger partial charge is 0.267 e. The fraction of sp³-hybridized carbons (Fsp3) is 0.133. The van der Waals surface area contributed by atoms with Gasteiger partial charge in [0.2, 0.25) is 5.91 Å². The Balaban J connectivity index is 2.69. The lowest BCUT2D eigenvalue weighted by molar-refractivity contribution is -0.114. The number of carbonyl (C=O) groups excluding carboxylic acids is 2. The summed E-state index contributed by atoms with van der Waals surface area (Å²) >= 11 is 0. The molecule has 6 heteroatoms. The molecule has 3 N–H and O–H groups in total. The Kier molecular flexibility index (Phi) is 6.22. The molecular formula is C15H16N4O2. The molecule has 0 fully saturated rings. The molecule has 0 aliphatic carbocycles. The number of hydrogen-bond donors (Lipinski definition) is 3. The van der Waals surface area contributed by atoms with E-state index in [4.69, 9.17) is 5.26 Å². The minimum atomic E-state index is -0.513. The van der Waals surface area contributed by atoms with Crippen molar-refractivity contribution in [2.24, 2.45) is 0 Å². The average Bonchev–Trinajstić information content (AvgIpc) is 2.45. The molecule has 0 aliphatic rings. The van der Waals surface area contributed by atoms with Gasteiger partial charge in [-0.1, -0.05) is 6.08 Å². The van der Waals surface area contributed by atoms with Gasteiger partial charge < -0.3 is 16.0 Å². The standard InChI is InChI=1S/C15H16N4O2/c1-3-8-17-10-12(9-16)15(21)19-14-6-4-13(5-7-14)18-11(2)20/h3-7,10,17H,1,8H2,2H3,(H,18,20)(H,19,21)/b12-10-. The second-order valence-electron chi connectivity index (χ2n) is 4.08. The third kappa shape index (κ3) is 5.61. The van der Waals surface area contributed by atoms with E-state index in [0.717, 1.165) is 0 Å². The number of hydrogen-bond acceptors (Lipinski definition) is 4. The predicted octanol–water partition coefficient (Wildman–Crippen LogP) is 1.77. The van der Waals surface area contributed by atoms with Gasteiger partial charge in [0.05, 0.1) is 0 Å². The van der Waals surface area contributed by atoms with Crippen molar-refractivity contribution in [1.82, 2.24) is 5.32 Å². The number of rotatable bonds is 6. The summed E-state index contributed by atoms with van der Waals surface area (Å²) in [5.41, 5.74) is 1.12. The van der Waals surface area contributed by atoms with Crippen molar-refractivity contribution < 1.29 is 9.59 Å². The Hall–Kier alpha value is -3.07. The van der Waals surface area contributed by atoms with Crippen molar-refractivity contribution in [3.8, 4) is 6.07 Å². The van der Waals surface area contributed by atoms with E-state index in [9.17, 15) is 9.59 Å². The van der Waals surface area contributed by atoms with Gasteiger partial charge in [-0.05, 0) is 24.3 Å². The van der Waals surface area contributed by atoms with Crippen molar-refractivity contribution in [1.29, 1.82) is 5.26 Å². The van der Waals surface area contributed by atoms with Crippen LogP contribution in [0.3, 0.4) is 0 Å². The summed E-state index contributed by atoms with van der Waals surface area (Å²) in [4.78, 5) is 22.8. The van der Waals surface area contributed by atoms with Crippen LogP contribution in [0, 0.1) is 11.3 Å². The molecule has 0 aromatic heterocycles. The summed E-state index contributed by atoms with van der Waals surface area (Å²) in [6, 6.07) is 8.39. The van der Waals surface area contributed by atoms with Gasteiger partial charge in [-0.2, -0.15) is 5.26 Å². The van der Waals surface area contributed by atoms with Gasteiger partial charge in [-0.25, -0.2) is 0 Å². The van der Waals surface area contributed by atoms with Crippen molar-refractivity contribution in [2.75, 3.05) is 17.2 Å². The lowest BCUT2D eigenvalue weighted by Crippen LogP contribution is -2.16. The number of carbonyl (C=O) groups is 2. The lowest BCUT2D eigenvalue weighted by Gasteiger charge is -2.06. The highest BCUT2D eigenvalue weighted by atomic mass is 16.2. The van der Waals surface area contributed by atoms with Gasteiger partial charge in [-0.3, -0.25) is 9.59 Å². The molecule has 0 atom stereocenters. The SMILES string of the molecule is C=CCN/C=C(/C#N)C(=O)Nc1ccc(NC(C)=O)cc1. The van der Waals surface area contributed by atoms with E-state index in [1.54, 1.807) is 30.3 Å². The summed E-state index contributed by atoms with van der Waals surface area (Å²) in [5.74, 6) is -0.684. The molecular weight excluding hydrogens is 268 g/mol. The van der Waals surface area contributed by atoms with E-state index < -0.39 is 5.91 Å². The zero-order valence-corrected chi connectivity index (χ0v) is 11.6. The molecule has 108 valence electrons. The molecule has 0 radical (unpaired) electrons. The molecule has 0 saturated carbocycles. The molecule has 2 amide bonds. The van der Waals surface area contributed by atoms with E-state index in [-0.39, 0.29) is 11.5 Å². The monoisotopic (exact) mass is 284 g/mol. The third-order valence-corrected chi connectivity index (χ3v) is 2.34. The molecule has 0 bridgehead atoms. The number of nitriles is 1. The van der Waals surface area contributed by atoms with Crippen LogP contribution in [0.2, 0.25) is 0 Å². The van der Waals surface area contributed by atoms with Crippen molar-refractivity contribution in [3.05, 3.63) is 48.7 Å². The molecule has 0 unspecified atom stereocenters. The predicted molar refractivity (Wildman–Crippen MR) is 81.3 cm³/mol.